The summed E-state index contributed by atoms with van der Waals surface area (Å²) in [5.74, 6) is 0.780. The average molecular weight is 411 g/mol. The quantitative estimate of drug-likeness (QED) is 0.640. The number of fused-ring (bicyclic) bond motifs is 1. The van der Waals surface area contributed by atoms with Gasteiger partial charge in [0.15, 0.2) is 11.2 Å². The number of nitrogens with one attached hydrogen (secondary N) is 1. The molecule has 8 nitrogen and oxygen atoms in total. The fourth-order valence-corrected chi connectivity index (χ4v) is 4.12. The van der Waals surface area contributed by atoms with Gasteiger partial charge in [0.25, 0.3) is 5.56 Å². The highest BCUT2D eigenvalue weighted by Gasteiger charge is 2.24. The number of hydrogen-bond donors (Lipinski definition) is 1. The molecule has 8 heteroatoms. The van der Waals surface area contributed by atoms with E-state index in [2.05, 4.69) is 33.8 Å². The predicted molar refractivity (Wildman–Crippen MR) is 119 cm³/mol. The SMILES string of the molecule is CCCCN1CCN(c2nc3c(c(=O)[nH]c(=O)n3C)n2CCc2ccccc2)CC1. The highest BCUT2D eigenvalue weighted by atomic mass is 16.2. The van der Waals surface area contributed by atoms with Crippen molar-refractivity contribution in [1.82, 2.24) is 24.0 Å². The molecule has 2 aromatic heterocycles. The predicted octanol–water partition coefficient (Wildman–Crippen LogP) is 1.59. The highest BCUT2D eigenvalue weighted by molar-refractivity contribution is 5.74. The van der Waals surface area contributed by atoms with Gasteiger partial charge in [-0.2, -0.15) is 4.98 Å². The molecule has 4 rings (SSSR count). The maximum atomic E-state index is 12.7. The molecule has 1 aliphatic rings. The summed E-state index contributed by atoms with van der Waals surface area (Å²) in [5.41, 5.74) is 1.31. The molecule has 30 heavy (non-hydrogen) atoms. The second-order valence-electron chi connectivity index (χ2n) is 7.97. The van der Waals surface area contributed by atoms with E-state index < -0.39 is 5.69 Å². The number of nitrogens with zero attached hydrogens (tertiary/aromatic N) is 5. The third-order valence-corrected chi connectivity index (χ3v) is 5.94. The largest absolute Gasteiger partial charge is 0.340 e. The van der Waals surface area contributed by atoms with Crippen LogP contribution in [0.2, 0.25) is 0 Å². The van der Waals surface area contributed by atoms with E-state index in [4.69, 9.17) is 4.98 Å². The van der Waals surface area contributed by atoms with Crippen molar-refractivity contribution in [2.75, 3.05) is 37.6 Å². The monoisotopic (exact) mass is 410 g/mol. The van der Waals surface area contributed by atoms with E-state index in [-0.39, 0.29) is 5.56 Å². The summed E-state index contributed by atoms with van der Waals surface area (Å²) in [4.78, 5) is 36.7. The summed E-state index contributed by atoms with van der Waals surface area (Å²) < 4.78 is 3.42. The van der Waals surface area contributed by atoms with Crippen molar-refractivity contribution >= 4 is 17.1 Å². The van der Waals surface area contributed by atoms with E-state index in [1.807, 2.05) is 22.8 Å². The number of benzene rings is 1. The maximum absolute atomic E-state index is 12.7. The summed E-state index contributed by atoms with van der Waals surface area (Å²) in [6.45, 7) is 7.67. The van der Waals surface area contributed by atoms with Gasteiger partial charge >= 0.3 is 5.69 Å². The summed E-state index contributed by atoms with van der Waals surface area (Å²) >= 11 is 0. The second kappa shape index (κ2) is 8.87. The van der Waals surface area contributed by atoms with E-state index in [1.54, 1.807) is 7.05 Å². The first-order valence-electron chi connectivity index (χ1n) is 10.8. The third-order valence-electron chi connectivity index (χ3n) is 5.94. The molecule has 160 valence electrons. The molecule has 1 aromatic carbocycles. The lowest BCUT2D eigenvalue weighted by molar-refractivity contribution is 0.252. The van der Waals surface area contributed by atoms with Crippen LogP contribution in [0.5, 0.6) is 0 Å². The zero-order valence-corrected chi connectivity index (χ0v) is 17.8. The number of H-pyrrole nitrogens is 1. The Morgan fingerprint density at radius 2 is 1.77 bits per heavy atom. The Balaban J connectivity index is 1.68. The summed E-state index contributed by atoms with van der Waals surface area (Å²) in [7, 11) is 1.65. The first kappa shape index (κ1) is 20.4. The van der Waals surface area contributed by atoms with Crippen molar-refractivity contribution in [3.05, 3.63) is 56.7 Å². The lowest BCUT2D eigenvalue weighted by atomic mass is 10.1. The second-order valence-corrected chi connectivity index (χ2v) is 7.97. The Bertz CT molecular complexity index is 1110. The van der Waals surface area contributed by atoms with Crippen LogP contribution in [0.1, 0.15) is 25.3 Å². The van der Waals surface area contributed by atoms with Crippen molar-refractivity contribution in [3.63, 3.8) is 0 Å². The van der Waals surface area contributed by atoms with Crippen LogP contribution in [-0.2, 0) is 20.0 Å². The molecule has 3 aromatic rings. The number of rotatable bonds is 7. The molecule has 0 atom stereocenters. The molecule has 1 aliphatic heterocycles. The van der Waals surface area contributed by atoms with Gasteiger partial charge in [0.2, 0.25) is 5.95 Å². The highest BCUT2D eigenvalue weighted by Crippen LogP contribution is 2.22. The zero-order chi connectivity index (χ0) is 21.1. The van der Waals surface area contributed by atoms with Gasteiger partial charge in [0.05, 0.1) is 0 Å². The summed E-state index contributed by atoms with van der Waals surface area (Å²) in [6.07, 6.45) is 3.21. The molecule has 1 N–H and O–H groups in total. The molecule has 0 unspecified atom stereocenters. The summed E-state index contributed by atoms with van der Waals surface area (Å²) in [5, 5.41) is 0. The number of aromatic nitrogens is 4. The number of piperazine rings is 1. The average Bonchev–Trinajstić information content (AvgIpc) is 3.16. The maximum Gasteiger partial charge on any atom is 0.329 e. The molecule has 0 amide bonds. The Morgan fingerprint density at radius 1 is 1.03 bits per heavy atom. The summed E-state index contributed by atoms with van der Waals surface area (Å²) in [6, 6.07) is 10.2. The van der Waals surface area contributed by atoms with Crippen LogP contribution in [0, 0.1) is 0 Å². The van der Waals surface area contributed by atoms with Gasteiger partial charge in [-0.15, -0.1) is 0 Å². The van der Waals surface area contributed by atoms with Gasteiger partial charge in [0.1, 0.15) is 0 Å². The molecule has 0 radical (unpaired) electrons. The van der Waals surface area contributed by atoms with Crippen LogP contribution in [-0.4, -0.2) is 56.7 Å². The number of anilines is 1. The first-order valence-corrected chi connectivity index (χ1v) is 10.8. The van der Waals surface area contributed by atoms with Crippen molar-refractivity contribution < 1.29 is 0 Å². The van der Waals surface area contributed by atoms with Crippen LogP contribution in [0.4, 0.5) is 5.95 Å². The normalized spacial score (nSPS) is 15.2. The van der Waals surface area contributed by atoms with Gasteiger partial charge in [-0.05, 0) is 24.9 Å². The minimum Gasteiger partial charge on any atom is -0.340 e. The molecular weight excluding hydrogens is 380 g/mol. The Hall–Kier alpha value is -2.87. The van der Waals surface area contributed by atoms with Crippen molar-refractivity contribution in [2.24, 2.45) is 7.05 Å². The lowest BCUT2D eigenvalue weighted by Crippen LogP contribution is -2.47. The van der Waals surface area contributed by atoms with Gasteiger partial charge in [0, 0.05) is 39.8 Å². The first-order chi connectivity index (χ1) is 14.6. The topological polar surface area (TPSA) is 79.2 Å². The molecule has 0 aliphatic carbocycles. The van der Waals surface area contributed by atoms with Crippen molar-refractivity contribution in [1.29, 1.82) is 0 Å². The third kappa shape index (κ3) is 4.05. The van der Waals surface area contributed by atoms with Crippen molar-refractivity contribution in [3.8, 4) is 0 Å². The number of unbranched alkanes of at least 4 members (excludes halogenated alkanes) is 1. The van der Waals surface area contributed by atoms with Crippen LogP contribution < -0.4 is 16.1 Å². The standard InChI is InChI=1S/C22H30N6O2/c1-3-4-11-26-13-15-27(16-14-26)21-23-19-18(20(29)24-22(30)25(19)2)28(21)12-10-17-8-6-5-7-9-17/h5-9H,3-4,10-16H2,1-2H3,(H,24,29,30). The van der Waals surface area contributed by atoms with E-state index in [0.717, 1.165) is 45.1 Å². The van der Waals surface area contributed by atoms with Crippen LogP contribution >= 0.6 is 0 Å². The minimum atomic E-state index is -0.434. The number of aromatic amines is 1. The molecule has 1 saturated heterocycles. The minimum absolute atomic E-state index is 0.374. The lowest BCUT2D eigenvalue weighted by Gasteiger charge is -2.35. The van der Waals surface area contributed by atoms with Gasteiger partial charge in [-0.1, -0.05) is 43.7 Å². The van der Waals surface area contributed by atoms with Crippen LogP contribution in [0.15, 0.2) is 39.9 Å². The van der Waals surface area contributed by atoms with Gasteiger partial charge < -0.3 is 9.47 Å². The Morgan fingerprint density at radius 3 is 2.47 bits per heavy atom. The van der Waals surface area contributed by atoms with Crippen molar-refractivity contribution in [2.45, 2.75) is 32.7 Å². The Kier molecular flexibility index (Phi) is 6.03. The van der Waals surface area contributed by atoms with Gasteiger partial charge in [-0.3, -0.25) is 19.2 Å². The van der Waals surface area contributed by atoms with E-state index in [0.29, 0.717) is 17.7 Å². The molecular formula is C22H30N6O2. The van der Waals surface area contributed by atoms with E-state index >= 15 is 0 Å². The smallest absolute Gasteiger partial charge is 0.329 e. The Labute approximate surface area is 175 Å². The van der Waals surface area contributed by atoms with Gasteiger partial charge in [-0.25, -0.2) is 4.79 Å². The molecule has 0 saturated carbocycles. The van der Waals surface area contributed by atoms with E-state index in [1.165, 1.54) is 23.0 Å². The number of imidazole rings is 1. The molecule has 1 fully saturated rings. The fourth-order valence-electron chi connectivity index (χ4n) is 4.12. The van der Waals surface area contributed by atoms with E-state index in [9.17, 15) is 9.59 Å². The molecule has 0 bridgehead atoms. The van der Waals surface area contributed by atoms with Crippen LogP contribution in [0.25, 0.3) is 11.2 Å². The van der Waals surface area contributed by atoms with Crippen LogP contribution in [0.3, 0.4) is 0 Å². The number of hydrogen-bond acceptors (Lipinski definition) is 5. The fraction of sp³-hybridized carbons (Fsp3) is 0.500. The zero-order valence-electron chi connectivity index (χ0n) is 17.8. The molecule has 0 spiro atoms. The molecule has 3 heterocycles. The number of aryl methyl sites for hydroxylation is 3.